The van der Waals surface area contributed by atoms with Gasteiger partial charge in [0.2, 0.25) is 0 Å². The van der Waals surface area contributed by atoms with E-state index in [2.05, 4.69) is 48.1 Å². The minimum absolute atomic E-state index is 0.632. The van der Waals surface area contributed by atoms with Crippen LogP contribution in [-0.2, 0) is 0 Å². The van der Waals surface area contributed by atoms with Crippen LogP contribution < -0.4 is 0 Å². The molecule has 1 aromatic heterocycles. The Kier molecular flexibility index (Phi) is 2.10. The van der Waals surface area contributed by atoms with Crippen LogP contribution in [0.1, 0.15) is 40.8 Å². The fourth-order valence-electron chi connectivity index (χ4n) is 2.51. The van der Waals surface area contributed by atoms with Crippen LogP contribution in [0.5, 0.6) is 0 Å². The van der Waals surface area contributed by atoms with Crippen molar-refractivity contribution in [2.45, 2.75) is 32.1 Å². The summed E-state index contributed by atoms with van der Waals surface area (Å²) < 4.78 is 0. The van der Waals surface area contributed by atoms with E-state index in [0.29, 0.717) is 11.8 Å². The zero-order valence-electron chi connectivity index (χ0n) is 9.70. The van der Waals surface area contributed by atoms with E-state index in [0.717, 1.165) is 0 Å². The summed E-state index contributed by atoms with van der Waals surface area (Å²) in [4.78, 5) is 7.58. The van der Waals surface area contributed by atoms with Gasteiger partial charge in [0.05, 0.1) is 12.0 Å². The summed E-state index contributed by atoms with van der Waals surface area (Å²) in [6.07, 6.45) is 3.05. The molecular weight excluding hydrogens is 196 g/mol. The number of rotatable bonds is 2. The number of hydrogen-bond donors (Lipinski definition) is 1. The Bertz CT molecular complexity index is 513. The molecule has 2 heteroatoms. The minimum Gasteiger partial charge on any atom is -0.348 e. The van der Waals surface area contributed by atoms with Gasteiger partial charge in [-0.25, -0.2) is 4.98 Å². The van der Waals surface area contributed by atoms with Gasteiger partial charge in [-0.3, -0.25) is 0 Å². The first kappa shape index (κ1) is 9.64. The highest BCUT2D eigenvalue weighted by atomic mass is 14.9. The van der Waals surface area contributed by atoms with E-state index in [1.165, 1.54) is 28.9 Å². The largest absolute Gasteiger partial charge is 0.348 e. The molecule has 1 aliphatic rings. The molecule has 82 valence electrons. The molecule has 2 aromatic rings. The van der Waals surface area contributed by atoms with Crippen LogP contribution in [0, 0.1) is 13.8 Å². The molecule has 0 radical (unpaired) electrons. The smallest absolute Gasteiger partial charge is 0.0925 e. The summed E-state index contributed by atoms with van der Waals surface area (Å²) in [6.45, 7) is 4.26. The van der Waals surface area contributed by atoms with Gasteiger partial charge in [-0.2, -0.15) is 0 Å². The number of imidazole rings is 1. The second-order valence-electron chi connectivity index (χ2n) is 4.78. The normalized spacial score (nSPS) is 23.4. The lowest BCUT2D eigenvalue weighted by Crippen LogP contribution is -1.88. The summed E-state index contributed by atoms with van der Waals surface area (Å²) in [6, 6.07) is 8.84. The lowest BCUT2D eigenvalue weighted by Gasteiger charge is -2.01. The van der Waals surface area contributed by atoms with Crippen LogP contribution in [0.25, 0.3) is 0 Å². The van der Waals surface area contributed by atoms with Gasteiger partial charge < -0.3 is 4.98 Å². The number of H-pyrrole nitrogens is 1. The van der Waals surface area contributed by atoms with Crippen LogP contribution in [0.15, 0.2) is 30.6 Å². The first-order valence-electron chi connectivity index (χ1n) is 5.82. The highest BCUT2D eigenvalue weighted by Crippen LogP contribution is 2.54. The molecule has 0 spiro atoms. The lowest BCUT2D eigenvalue weighted by atomic mass is 10.1. The highest BCUT2D eigenvalue weighted by Gasteiger charge is 2.41. The summed E-state index contributed by atoms with van der Waals surface area (Å²) >= 11 is 0. The van der Waals surface area contributed by atoms with Gasteiger partial charge in [0, 0.05) is 11.6 Å². The third kappa shape index (κ3) is 1.54. The number of aromatic nitrogens is 2. The molecule has 0 saturated heterocycles. The van der Waals surface area contributed by atoms with Crippen molar-refractivity contribution >= 4 is 0 Å². The molecule has 1 heterocycles. The van der Waals surface area contributed by atoms with Gasteiger partial charge in [-0.15, -0.1) is 0 Å². The molecule has 0 amide bonds. The van der Waals surface area contributed by atoms with E-state index < -0.39 is 0 Å². The summed E-state index contributed by atoms with van der Waals surface area (Å²) in [5.41, 5.74) is 5.29. The molecule has 0 aliphatic heterocycles. The Balaban J connectivity index is 1.84. The Hall–Kier alpha value is -1.57. The second kappa shape index (κ2) is 3.48. The molecule has 2 atom stereocenters. The monoisotopic (exact) mass is 212 g/mol. The SMILES string of the molecule is Cc1cccc(C2CC2c2nc[nH]c2C)c1. The first-order chi connectivity index (χ1) is 7.75. The fraction of sp³-hybridized carbons (Fsp3) is 0.357. The average molecular weight is 212 g/mol. The maximum Gasteiger partial charge on any atom is 0.0925 e. The standard InChI is InChI=1S/C14H16N2/c1-9-4-3-5-11(6-9)12-7-13(12)14-10(2)15-8-16-14/h3-6,8,12-13H,7H2,1-2H3,(H,15,16). The predicted octanol–water partition coefficient (Wildman–Crippen LogP) is 3.30. The Morgan fingerprint density at radius 3 is 2.81 bits per heavy atom. The van der Waals surface area contributed by atoms with E-state index in [-0.39, 0.29) is 0 Å². The van der Waals surface area contributed by atoms with Crippen molar-refractivity contribution in [3.8, 4) is 0 Å². The van der Waals surface area contributed by atoms with Crippen LogP contribution in [0.4, 0.5) is 0 Å². The zero-order valence-corrected chi connectivity index (χ0v) is 9.70. The number of hydrogen-bond acceptors (Lipinski definition) is 1. The number of aryl methyl sites for hydroxylation is 2. The number of aromatic amines is 1. The summed E-state index contributed by atoms with van der Waals surface area (Å²) in [7, 11) is 0. The maximum absolute atomic E-state index is 4.42. The third-order valence-electron chi connectivity index (χ3n) is 3.48. The fourth-order valence-corrected chi connectivity index (χ4v) is 2.51. The van der Waals surface area contributed by atoms with Gasteiger partial charge in [-0.05, 0) is 31.7 Å². The van der Waals surface area contributed by atoms with Crippen LogP contribution in [0.2, 0.25) is 0 Å². The lowest BCUT2D eigenvalue weighted by molar-refractivity contribution is 0.966. The van der Waals surface area contributed by atoms with Gasteiger partial charge in [0.1, 0.15) is 0 Å². The van der Waals surface area contributed by atoms with Crippen molar-refractivity contribution < 1.29 is 0 Å². The zero-order chi connectivity index (χ0) is 11.1. The predicted molar refractivity (Wildman–Crippen MR) is 64.6 cm³/mol. The number of benzene rings is 1. The van der Waals surface area contributed by atoms with Crippen molar-refractivity contribution in [2.75, 3.05) is 0 Å². The van der Waals surface area contributed by atoms with Crippen molar-refractivity contribution in [3.63, 3.8) is 0 Å². The van der Waals surface area contributed by atoms with Crippen molar-refractivity contribution in [3.05, 3.63) is 53.1 Å². The van der Waals surface area contributed by atoms with E-state index >= 15 is 0 Å². The van der Waals surface area contributed by atoms with E-state index in [9.17, 15) is 0 Å². The van der Waals surface area contributed by atoms with Crippen molar-refractivity contribution in [1.29, 1.82) is 0 Å². The minimum atomic E-state index is 0.632. The van der Waals surface area contributed by atoms with Crippen LogP contribution in [0.3, 0.4) is 0 Å². The van der Waals surface area contributed by atoms with Crippen molar-refractivity contribution in [1.82, 2.24) is 9.97 Å². The summed E-state index contributed by atoms with van der Waals surface area (Å²) in [5.74, 6) is 1.31. The van der Waals surface area contributed by atoms with E-state index in [1.54, 1.807) is 6.33 Å². The topological polar surface area (TPSA) is 28.7 Å². The Morgan fingerprint density at radius 1 is 1.25 bits per heavy atom. The number of nitrogens with zero attached hydrogens (tertiary/aromatic N) is 1. The van der Waals surface area contributed by atoms with Crippen LogP contribution >= 0.6 is 0 Å². The van der Waals surface area contributed by atoms with Gasteiger partial charge in [0.15, 0.2) is 0 Å². The molecule has 2 unspecified atom stereocenters. The quantitative estimate of drug-likeness (QED) is 0.813. The van der Waals surface area contributed by atoms with Crippen LogP contribution in [-0.4, -0.2) is 9.97 Å². The molecule has 1 aliphatic carbocycles. The molecule has 16 heavy (non-hydrogen) atoms. The molecule has 1 aromatic carbocycles. The molecule has 1 saturated carbocycles. The van der Waals surface area contributed by atoms with Crippen molar-refractivity contribution in [2.24, 2.45) is 0 Å². The van der Waals surface area contributed by atoms with Gasteiger partial charge >= 0.3 is 0 Å². The van der Waals surface area contributed by atoms with Gasteiger partial charge in [-0.1, -0.05) is 29.8 Å². The third-order valence-corrected chi connectivity index (χ3v) is 3.48. The average Bonchev–Trinajstić information content (AvgIpc) is 2.95. The van der Waals surface area contributed by atoms with E-state index in [4.69, 9.17) is 0 Å². The molecule has 2 nitrogen and oxygen atoms in total. The maximum atomic E-state index is 4.42. The van der Waals surface area contributed by atoms with E-state index in [1.807, 2.05) is 0 Å². The Morgan fingerprint density at radius 2 is 2.12 bits per heavy atom. The van der Waals surface area contributed by atoms with Gasteiger partial charge in [0.25, 0.3) is 0 Å². The molecule has 0 bridgehead atoms. The highest BCUT2D eigenvalue weighted by molar-refractivity contribution is 5.36. The molecule has 3 rings (SSSR count). The Labute approximate surface area is 95.7 Å². The number of nitrogens with one attached hydrogen (secondary N) is 1. The molecule has 1 N–H and O–H groups in total. The molecule has 1 fully saturated rings. The summed E-state index contributed by atoms with van der Waals surface area (Å²) in [5, 5.41) is 0. The first-order valence-corrected chi connectivity index (χ1v) is 5.82. The molecular formula is C14H16N2. The second-order valence-corrected chi connectivity index (χ2v) is 4.78.